The molecule has 0 spiro atoms. The molecule has 0 aliphatic heterocycles. The third kappa shape index (κ3) is 68.2. The first-order valence-corrected chi connectivity index (χ1v) is 34.7. The Bertz CT molecular complexity index is 1750. The highest BCUT2D eigenvalue weighted by atomic mass is 16.6. The first kappa shape index (κ1) is 78.5. The molecule has 0 rings (SSSR count). The lowest BCUT2D eigenvalue weighted by molar-refractivity contribution is -0.167. The number of allylic oxidation sites excluding steroid dienone is 22. The molecule has 0 aromatic heterocycles. The Balaban J connectivity index is 4.37. The van der Waals surface area contributed by atoms with Crippen LogP contribution in [0, 0.1) is 0 Å². The van der Waals surface area contributed by atoms with Gasteiger partial charge in [0, 0.05) is 19.3 Å². The lowest BCUT2D eigenvalue weighted by Crippen LogP contribution is -2.30. The summed E-state index contributed by atoms with van der Waals surface area (Å²) in [5.74, 6) is -0.903. The minimum atomic E-state index is -0.794. The van der Waals surface area contributed by atoms with Gasteiger partial charge in [-0.1, -0.05) is 315 Å². The van der Waals surface area contributed by atoms with Crippen molar-refractivity contribution >= 4 is 17.9 Å². The van der Waals surface area contributed by atoms with Crippen LogP contribution in [0.3, 0.4) is 0 Å². The number of ether oxygens (including phenoxy) is 3. The minimum Gasteiger partial charge on any atom is -0.462 e. The molecule has 0 saturated carbocycles. The maximum Gasteiger partial charge on any atom is 0.306 e. The predicted molar refractivity (Wildman–Crippen MR) is 362 cm³/mol. The van der Waals surface area contributed by atoms with Crippen LogP contribution in [0.15, 0.2) is 134 Å². The molecule has 472 valence electrons. The Kier molecular flexibility index (Phi) is 66.3. The van der Waals surface area contributed by atoms with Crippen LogP contribution >= 0.6 is 0 Å². The standard InChI is InChI=1S/C77H128O6/c1-4-7-10-13-16-19-22-25-28-31-32-33-34-35-36-37-38-39-40-41-42-43-44-47-49-52-55-58-61-64-67-70-76(79)82-73-74(83-77(80)71-68-65-62-59-56-53-50-46-30-27-24-21-18-15-12-9-6-3)72-81-75(78)69-66-63-60-57-54-51-48-45-29-26-23-20-17-14-11-8-5-2/h7,9-10,12,16,18-19,21,25,27-28,30,32-33,35-36,38-39,41-42,44,47,74H,4-6,8,11,13-15,17,20,22-24,26,29,31,34,37,40,43,45-46,48-73H2,1-3H3/b10-7-,12-9-,19-16-,21-18-,28-25-,30-27-,33-32-,36-35-,39-38-,42-41-,47-44-. The molecule has 0 aliphatic rings. The van der Waals surface area contributed by atoms with E-state index in [2.05, 4.69) is 154 Å². The molecule has 0 fully saturated rings. The quantitative estimate of drug-likeness (QED) is 0.0261. The van der Waals surface area contributed by atoms with E-state index in [1.165, 1.54) is 128 Å². The summed E-state index contributed by atoms with van der Waals surface area (Å²) in [6.45, 7) is 6.43. The van der Waals surface area contributed by atoms with Gasteiger partial charge in [0.15, 0.2) is 6.10 Å². The fraction of sp³-hybridized carbons (Fsp3) is 0.675. The van der Waals surface area contributed by atoms with E-state index in [0.717, 1.165) is 148 Å². The van der Waals surface area contributed by atoms with Gasteiger partial charge in [0.1, 0.15) is 13.2 Å². The molecule has 0 bridgehead atoms. The van der Waals surface area contributed by atoms with Gasteiger partial charge in [0.05, 0.1) is 0 Å². The van der Waals surface area contributed by atoms with Crippen molar-refractivity contribution in [2.24, 2.45) is 0 Å². The smallest absolute Gasteiger partial charge is 0.306 e. The average Bonchev–Trinajstić information content (AvgIpc) is 3.49. The monoisotopic (exact) mass is 1150 g/mol. The Morgan fingerprint density at radius 2 is 0.470 bits per heavy atom. The Hall–Kier alpha value is -4.45. The lowest BCUT2D eigenvalue weighted by atomic mass is 10.0. The maximum absolute atomic E-state index is 12.9. The third-order valence-corrected chi connectivity index (χ3v) is 14.7. The molecule has 0 aromatic rings. The van der Waals surface area contributed by atoms with Crippen molar-refractivity contribution in [3.05, 3.63) is 134 Å². The van der Waals surface area contributed by atoms with Gasteiger partial charge < -0.3 is 14.2 Å². The van der Waals surface area contributed by atoms with Crippen LogP contribution in [0.4, 0.5) is 0 Å². The van der Waals surface area contributed by atoms with E-state index in [0.29, 0.717) is 19.3 Å². The summed E-state index contributed by atoms with van der Waals surface area (Å²) in [7, 11) is 0. The van der Waals surface area contributed by atoms with Crippen molar-refractivity contribution in [2.75, 3.05) is 13.2 Å². The molecule has 6 nitrogen and oxygen atoms in total. The first-order chi connectivity index (χ1) is 41.0. The highest BCUT2D eigenvalue weighted by molar-refractivity contribution is 5.71. The largest absolute Gasteiger partial charge is 0.462 e. The summed E-state index contributed by atoms with van der Waals surface area (Å²) < 4.78 is 17.0. The Morgan fingerprint density at radius 3 is 0.735 bits per heavy atom. The molecule has 1 atom stereocenters. The summed E-state index contributed by atoms with van der Waals surface area (Å²) in [4.78, 5) is 38.4. The van der Waals surface area contributed by atoms with E-state index in [4.69, 9.17) is 14.2 Å². The highest BCUT2D eigenvalue weighted by Gasteiger charge is 2.19. The van der Waals surface area contributed by atoms with Gasteiger partial charge in [-0.05, 0) is 116 Å². The summed E-state index contributed by atoms with van der Waals surface area (Å²) in [5.41, 5.74) is 0. The van der Waals surface area contributed by atoms with Crippen LogP contribution in [0.25, 0.3) is 0 Å². The van der Waals surface area contributed by atoms with Crippen molar-refractivity contribution in [3.63, 3.8) is 0 Å². The fourth-order valence-corrected chi connectivity index (χ4v) is 9.53. The summed E-state index contributed by atoms with van der Waals surface area (Å²) >= 11 is 0. The number of hydrogen-bond donors (Lipinski definition) is 0. The second-order valence-corrected chi connectivity index (χ2v) is 22.7. The Morgan fingerprint density at radius 1 is 0.253 bits per heavy atom. The van der Waals surface area contributed by atoms with E-state index in [-0.39, 0.29) is 31.1 Å². The molecular formula is C77H128O6. The van der Waals surface area contributed by atoms with Crippen LogP contribution in [0.2, 0.25) is 0 Å². The van der Waals surface area contributed by atoms with Gasteiger partial charge in [0.25, 0.3) is 0 Å². The number of carbonyl (C=O) groups is 3. The molecular weight excluding hydrogens is 1020 g/mol. The van der Waals surface area contributed by atoms with Crippen LogP contribution in [0.1, 0.15) is 316 Å². The fourth-order valence-electron chi connectivity index (χ4n) is 9.53. The molecule has 6 heteroatoms. The second-order valence-electron chi connectivity index (χ2n) is 22.7. The molecule has 0 saturated heterocycles. The highest BCUT2D eigenvalue weighted by Crippen LogP contribution is 2.17. The minimum absolute atomic E-state index is 0.0870. The number of rotatable bonds is 62. The molecule has 0 heterocycles. The molecule has 0 amide bonds. The van der Waals surface area contributed by atoms with Gasteiger partial charge in [0.2, 0.25) is 0 Å². The van der Waals surface area contributed by atoms with Gasteiger partial charge in [-0.3, -0.25) is 14.4 Å². The SMILES string of the molecule is CC/C=C\C/C=C\C/C=C\C/C=C\C/C=C\C/C=C\C/C=C\C/C=C\CCCCCCCCC(=O)OCC(COC(=O)CCCCCCCCCCCCCCCCCCC)OC(=O)CCCCCCCCC/C=C\C/C=C\C/C=C\CC. The van der Waals surface area contributed by atoms with Crippen molar-refractivity contribution in [1.29, 1.82) is 0 Å². The third-order valence-electron chi connectivity index (χ3n) is 14.7. The van der Waals surface area contributed by atoms with Gasteiger partial charge in [-0.15, -0.1) is 0 Å². The summed E-state index contributed by atoms with van der Waals surface area (Å²) in [6.07, 6.45) is 98.9. The van der Waals surface area contributed by atoms with Crippen LogP contribution in [0.5, 0.6) is 0 Å². The normalized spacial score (nSPS) is 13.0. The van der Waals surface area contributed by atoms with E-state index in [1.54, 1.807) is 0 Å². The van der Waals surface area contributed by atoms with E-state index in [9.17, 15) is 14.4 Å². The van der Waals surface area contributed by atoms with Crippen molar-refractivity contribution in [2.45, 2.75) is 322 Å². The van der Waals surface area contributed by atoms with E-state index in [1.807, 2.05) is 0 Å². The first-order valence-electron chi connectivity index (χ1n) is 34.7. The lowest BCUT2D eigenvalue weighted by Gasteiger charge is -2.18. The van der Waals surface area contributed by atoms with E-state index < -0.39 is 6.10 Å². The zero-order valence-corrected chi connectivity index (χ0v) is 54.2. The average molecular weight is 1150 g/mol. The maximum atomic E-state index is 12.9. The number of hydrogen-bond acceptors (Lipinski definition) is 6. The van der Waals surface area contributed by atoms with Crippen LogP contribution < -0.4 is 0 Å². The topological polar surface area (TPSA) is 78.9 Å². The second kappa shape index (κ2) is 70.0. The predicted octanol–water partition coefficient (Wildman–Crippen LogP) is 24.1. The van der Waals surface area contributed by atoms with Crippen molar-refractivity contribution < 1.29 is 28.6 Å². The summed E-state index contributed by atoms with van der Waals surface area (Å²) in [5, 5.41) is 0. The van der Waals surface area contributed by atoms with Crippen molar-refractivity contribution in [3.8, 4) is 0 Å². The van der Waals surface area contributed by atoms with Gasteiger partial charge >= 0.3 is 17.9 Å². The molecule has 0 aliphatic carbocycles. The number of carbonyl (C=O) groups excluding carboxylic acids is 3. The molecule has 0 N–H and O–H groups in total. The van der Waals surface area contributed by atoms with Crippen molar-refractivity contribution in [1.82, 2.24) is 0 Å². The number of esters is 3. The van der Waals surface area contributed by atoms with Crippen LogP contribution in [-0.4, -0.2) is 37.2 Å². The van der Waals surface area contributed by atoms with E-state index >= 15 is 0 Å². The molecule has 1 unspecified atom stereocenters. The molecule has 0 radical (unpaired) electrons. The zero-order valence-electron chi connectivity index (χ0n) is 54.2. The van der Waals surface area contributed by atoms with Gasteiger partial charge in [-0.25, -0.2) is 0 Å². The zero-order chi connectivity index (χ0) is 59.9. The molecule has 0 aromatic carbocycles. The van der Waals surface area contributed by atoms with Crippen LogP contribution in [-0.2, 0) is 28.6 Å². The summed E-state index contributed by atoms with van der Waals surface area (Å²) in [6, 6.07) is 0. The number of unbranched alkanes of at least 4 members (excludes halogenated alkanes) is 29. The van der Waals surface area contributed by atoms with Gasteiger partial charge in [-0.2, -0.15) is 0 Å². The Labute approximate surface area is 513 Å². The molecule has 83 heavy (non-hydrogen) atoms.